The summed E-state index contributed by atoms with van der Waals surface area (Å²) in [7, 11) is -2.16. The van der Waals surface area contributed by atoms with Gasteiger partial charge in [-0.05, 0) is 0 Å². The summed E-state index contributed by atoms with van der Waals surface area (Å²) in [6, 6.07) is 0. The molecular formula is C7H7ClN4O2S. The first-order chi connectivity index (χ1) is 6.91. The average Bonchev–Trinajstić information content (AvgIpc) is 2.45. The van der Waals surface area contributed by atoms with Crippen LogP contribution in [0, 0.1) is 0 Å². The molecule has 2 rings (SSSR count). The Bertz CT molecular complexity index is 634. The van der Waals surface area contributed by atoms with Crippen molar-refractivity contribution >= 4 is 32.7 Å². The van der Waals surface area contributed by atoms with Gasteiger partial charge in [0.25, 0.3) is 0 Å². The minimum atomic E-state index is -3.82. The van der Waals surface area contributed by atoms with E-state index in [2.05, 4.69) is 9.97 Å². The lowest BCUT2D eigenvalue weighted by Gasteiger charge is -1.96. The third kappa shape index (κ3) is 1.58. The second-order valence-corrected chi connectivity index (χ2v) is 4.90. The molecule has 0 aliphatic rings. The van der Waals surface area contributed by atoms with E-state index in [0.717, 1.165) is 0 Å². The number of sulfonamides is 1. The normalized spacial score (nSPS) is 12.2. The number of halogens is 1. The fourth-order valence-electron chi connectivity index (χ4n) is 1.35. The first-order valence-corrected chi connectivity index (χ1v) is 5.82. The van der Waals surface area contributed by atoms with Crippen molar-refractivity contribution in [2.24, 2.45) is 12.2 Å². The Balaban J connectivity index is 3.01. The standard InChI is InChI=1S/C7H7ClN4O2S/c1-12-2-4(15(9,13)14)5-6(8)10-3-11-7(5)12/h2-3H,1H3,(H2,9,13,14). The fourth-order valence-corrected chi connectivity index (χ4v) is 2.42. The minimum absolute atomic E-state index is 0.0643. The van der Waals surface area contributed by atoms with Crippen LogP contribution in [0.1, 0.15) is 0 Å². The Morgan fingerprint density at radius 3 is 2.73 bits per heavy atom. The molecule has 80 valence electrons. The number of rotatable bonds is 1. The molecule has 0 fully saturated rings. The van der Waals surface area contributed by atoms with E-state index >= 15 is 0 Å². The second-order valence-electron chi connectivity index (χ2n) is 3.01. The molecule has 0 bridgehead atoms. The van der Waals surface area contributed by atoms with Crippen molar-refractivity contribution in [2.75, 3.05) is 0 Å². The lowest BCUT2D eigenvalue weighted by atomic mass is 10.4. The highest BCUT2D eigenvalue weighted by atomic mass is 35.5. The highest BCUT2D eigenvalue weighted by molar-refractivity contribution is 7.89. The van der Waals surface area contributed by atoms with Crippen molar-refractivity contribution in [3.8, 4) is 0 Å². The van der Waals surface area contributed by atoms with Crippen LogP contribution in [0.3, 0.4) is 0 Å². The molecule has 0 unspecified atom stereocenters. The Labute approximate surface area is 90.7 Å². The Morgan fingerprint density at radius 2 is 2.13 bits per heavy atom. The Hall–Kier alpha value is -1.18. The van der Waals surface area contributed by atoms with Crippen LogP contribution in [-0.4, -0.2) is 23.0 Å². The molecule has 8 heteroatoms. The lowest BCUT2D eigenvalue weighted by Crippen LogP contribution is -2.11. The van der Waals surface area contributed by atoms with Gasteiger partial charge in [0.1, 0.15) is 22.0 Å². The van der Waals surface area contributed by atoms with Crippen molar-refractivity contribution < 1.29 is 8.42 Å². The molecule has 0 aliphatic carbocycles. The summed E-state index contributed by atoms with van der Waals surface area (Å²) in [5.41, 5.74) is 0.430. The number of aryl methyl sites for hydroxylation is 1. The molecule has 2 heterocycles. The molecule has 2 N–H and O–H groups in total. The molecular weight excluding hydrogens is 240 g/mol. The number of nitrogens with zero attached hydrogens (tertiary/aromatic N) is 3. The largest absolute Gasteiger partial charge is 0.334 e. The zero-order valence-electron chi connectivity index (χ0n) is 7.68. The van der Waals surface area contributed by atoms with E-state index in [-0.39, 0.29) is 15.4 Å². The van der Waals surface area contributed by atoms with Gasteiger partial charge >= 0.3 is 0 Å². The smallest absolute Gasteiger partial charge is 0.240 e. The van der Waals surface area contributed by atoms with Crippen molar-refractivity contribution in [1.29, 1.82) is 0 Å². The highest BCUT2D eigenvalue weighted by Gasteiger charge is 2.19. The third-order valence-corrected chi connectivity index (χ3v) is 3.19. The molecule has 15 heavy (non-hydrogen) atoms. The summed E-state index contributed by atoms with van der Waals surface area (Å²) in [6.45, 7) is 0. The third-order valence-electron chi connectivity index (χ3n) is 1.98. The van der Waals surface area contributed by atoms with Crippen LogP contribution < -0.4 is 5.14 Å². The number of nitrogens with two attached hydrogens (primary N) is 1. The molecule has 0 aliphatic heterocycles. The molecule has 0 aromatic carbocycles. The van der Waals surface area contributed by atoms with Gasteiger partial charge < -0.3 is 4.57 Å². The first kappa shape index (κ1) is 10.3. The predicted molar refractivity (Wildman–Crippen MR) is 54.9 cm³/mol. The van der Waals surface area contributed by atoms with Gasteiger partial charge in [-0.3, -0.25) is 0 Å². The maximum Gasteiger partial charge on any atom is 0.240 e. The van der Waals surface area contributed by atoms with Gasteiger partial charge in [-0.25, -0.2) is 23.5 Å². The van der Waals surface area contributed by atoms with Gasteiger partial charge in [0, 0.05) is 13.2 Å². The van der Waals surface area contributed by atoms with E-state index in [0.29, 0.717) is 5.65 Å². The van der Waals surface area contributed by atoms with Crippen molar-refractivity contribution in [1.82, 2.24) is 14.5 Å². The number of aromatic nitrogens is 3. The zero-order valence-corrected chi connectivity index (χ0v) is 9.25. The average molecular weight is 247 g/mol. The SMILES string of the molecule is Cn1cc(S(N)(=O)=O)c2c(Cl)ncnc21. The van der Waals surface area contributed by atoms with Crippen LogP contribution in [0.5, 0.6) is 0 Å². The zero-order chi connectivity index (χ0) is 11.2. The summed E-state index contributed by atoms with van der Waals surface area (Å²) >= 11 is 5.80. The molecule has 0 spiro atoms. The highest BCUT2D eigenvalue weighted by Crippen LogP contribution is 2.27. The van der Waals surface area contributed by atoms with Crippen LogP contribution in [-0.2, 0) is 17.1 Å². The van der Waals surface area contributed by atoms with Crippen molar-refractivity contribution in [3.05, 3.63) is 17.7 Å². The number of hydrogen-bond acceptors (Lipinski definition) is 4. The first-order valence-electron chi connectivity index (χ1n) is 3.89. The Morgan fingerprint density at radius 1 is 1.47 bits per heavy atom. The van der Waals surface area contributed by atoms with Gasteiger partial charge in [0.15, 0.2) is 0 Å². The van der Waals surface area contributed by atoms with Gasteiger partial charge in [0.05, 0.1) is 5.39 Å². The van der Waals surface area contributed by atoms with Crippen molar-refractivity contribution in [2.45, 2.75) is 4.90 Å². The second kappa shape index (κ2) is 3.16. The topological polar surface area (TPSA) is 90.9 Å². The van der Waals surface area contributed by atoms with Crippen molar-refractivity contribution in [3.63, 3.8) is 0 Å². The Kier molecular flexibility index (Phi) is 2.18. The monoisotopic (exact) mass is 246 g/mol. The van der Waals surface area contributed by atoms with Gasteiger partial charge in [-0.1, -0.05) is 11.6 Å². The molecule has 0 saturated heterocycles. The lowest BCUT2D eigenvalue weighted by molar-refractivity contribution is 0.598. The number of fused-ring (bicyclic) bond motifs is 1. The summed E-state index contributed by atoms with van der Waals surface area (Å²) in [5, 5.41) is 5.38. The van der Waals surface area contributed by atoms with Crippen LogP contribution in [0.4, 0.5) is 0 Å². The summed E-state index contributed by atoms with van der Waals surface area (Å²) < 4.78 is 24.1. The van der Waals surface area contributed by atoms with E-state index < -0.39 is 10.0 Å². The van der Waals surface area contributed by atoms with Crippen LogP contribution in [0.2, 0.25) is 5.15 Å². The summed E-state index contributed by atoms with van der Waals surface area (Å²) in [5.74, 6) is 0. The van der Waals surface area contributed by atoms with Crippen LogP contribution in [0.25, 0.3) is 11.0 Å². The van der Waals surface area contributed by atoms with Crippen LogP contribution >= 0.6 is 11.6 Å². The molecule has 0 radical (unpaired) electrons. The number of primary sulfonamides is 1. The quantitative estimate of drug-likeness (QED) is 0.731. The minimum Gasteiger partial charge on any atom is -0.334 e. The van der Waals surface area contributed by atoms with Crippen LogP contribution in [0.15, 0.2) is 17.4 Å². The van der Waals surface area contributed by atoms with Gasteiger partial charge in [0.2, 0.25) is 10.0 Å². The summed E-state index contributed by atoms with van der Waals surface area (Å²) in [6.07, 6.45) is 2.62. The van der Waals surface area contributed by atoms with E-state index in [1.807, 2.05) is 0 Å². The molecule has 2 aromatic rings. The predicted octanol–water partition coefficient (Wildman–Crippen LogP) is 0.269. The molecule has 2 aromatic heterocycles. The van der Waals surface area contributed by atoms with E-state index in [1.54, 1.807) is 7.05 Å². The fraction of sp³-hybridized carbons (Fsp3) is 0.143. The van der Waals surface area contributed by atoms with Gasteiger partial charge in [-0.2, -0.15) is 0 Å². The van der Waals surface area contributed by atoms with E-state index in [1.165, 1.54) is 17.1 Å². The maximum atomic E-state index is 11.3. The molecule has 0 atom stereocenters. The van der Waals surface area contributed by atoms with E-state index in [4.69, 9.17) is 16.7 Å². The molecule has 0 saturated carbocycles. The summed E-state index contributed by atoms with van der Waals surface area (Å²) in [4.78, 5) is 7.57. The van der Waals surface area contributed by atoms with E-state index in [9.17, 15) is 8.42 Å². The molecule has 6 nitrogen and oxygen atoms in total. The van der Waals surface area contributed by atoms with Gasteiger partial charge in [-0.15, -0.1) is 0 Å². The number of hydrogen-bond donors (Lipinski definition) is 1. The maximum absolute atomic E-state index is 11.3. The molecule has 0 amide bonds.